The molecule has 25 heavy (non-hydrogen) atoms. The number of anilines is 1. The van der Waals surface area contributed by atoms with Crippen molar-refractivity contribution in [3.8, 4) is 5.75 Å². The highest BCUT2D eigenvalue weighted by Crippen LogP contribution is 2.36. The van der Waals surface area contributed by atoms with Crippen LogP contribution in [0.5, 0.6) is 5.75 Å². The summed E-state index contributed by atoms with van der Waals surface area (Å²) in [6.07, 6.45) is -5.01. The molecule has 0 spiro atoms. The molecular formula is C16H15BrF3NO3S. The minimum atomic E-state index is -5.01. The van der Waals surface area contributed by atoms with Gasteiger partial charge in [0.1, 0.15) is 4.90 Å². The Morgan fingerprint density at radius 3 is 2.20 bits per heavy atom. The second kappa shape index (κ2) is 7.25. The van der Waals surface area contributed by atoms with E-state index in [9.17, 15) is 21.6 Å². The minimum absolute atomic E-state index is 0.265. The summed E-state index contributed by atoms with van der Waals surface area (Å²) >= 11 is 3.03. The molecular weight excluding hydrogens is 423 g/mol. The summed E-state index contributed by atoms with van der Waals surface area (Å²) < 4.78 is 69.4. The van der Waals surface area contributed by atoms with Crippen LogP contribution in [0.2, 0.25) is 0 Å². The lowest BCUT2D eigenvalue weighted by Crippen LogP contribution is -2.37. The lowest BCUT2D eigenvalue weighted by Gasteiger charge is -2.29. The molecule has 0 aliphatic heterocycles. The van der Waals surface area contributed by atoms with Crippen LogP contribution in [0.25, 0.3) is 0 Å². The predicted octanol–water partition coefficient (Wildman–Crippen LogP) is 4.95. The maximum Gasteiger partial charge on any atom is 0.573 e. The van der Waals surface area contributed by atoms with Crippen molar-refractivity contribution in [1.29, 1.82) is 0 Å². The van der Waals surface area contributed by atoms with Crippen molar-refractivity contribution in [3.63, 3.8) is 0 Å². The van der Waals surface area contributed by atoms with Gasteiger partial charge in [-0.05, 0) is 44.2 Å². The number of rotatable bonds is 5. The number of alkyl halides is 3. The van der Waals surface area contributed by atoms with Gasteiger partial charge in [0.05, 0.1) is 5.69 Å². The molecule has 0 aliphatic rings. The van der Waals surface area contributed by atoms with E-state index in [0.717, 1.165) is 16.4 Å². The molecule has 2 aromatic rings. The highest BCUT2D eigenvalue weighted by atomic mass is 79.9. The third-order valence-electron chi connectivity index (χ3n) is 3.15. The Hall–Kier alpha value is -1.74. The van der Waals surface area contributed by atoms with Gasteiger partial charge in [-0.25, -0.2) is 8.42 Å². The topological polar surface area (TPSA) is 46.6 Å². The van der Waals surface area contributed by atoms with Crippen molar-refractivity contribution in [1.82, 2.24) is 0 Å². The Labute approximate surface area is 152 Å². The van der Waals surface area contributed by atoms with Crippen molar-refractivity contribution in [3.05, 3.63) is 53.0 Å². The Bertz CT molecular complexity index is 839. The second-order valence-electron chi connectivity index (χ2n) is 5.37. The maximum atomic E-state index is 13.1. The van der Waals surface area contributed by atoms with Crippen LogP contribution < -0.4 is 9.04 Å². The molecule has 0 saturated carbocycles. The van der Waals surface area contributed by atoms with E-state index >= 15 is 0 Å². The summed E-state index contributed by atoms with van der Waals surface area (Å²) in [5.41, 5.74) is 0.346. The zero-order valence-electron chi connectivity index (χ0n) is 13.3. The molecule has 4 nitrogen and oxygen atoms in total. The Balaban J connectivity index is 2.62. The first-order valence-corrected chi connectivity index (χ1v) is 9.40. The van der Waals surface area contributed by atoms with Gasteiger partial charge in [-0.1, -0.05) is 34.1 Å². The van der Waals surface area contributed by atoms with E-state index in [2.05, 4.69) is 20.7 Å². The number of ether oxygens (including phenoxy) is 1. The molecule has 2 aromatic carbocycles. The predicted molar refractivity (Wildman–Crippen MR) is 92.1 cm³/mol. The van der Waals surface area contributed by atoms with E-state index in [1.54, 1.807) is 44.2 Å². The Morgan fingerprint density at radius 2 is 1.68 bits per heavy atom. The average Bonchev–Trinajstić information content (AvgIpc) is 2.45. The van der Waals surface area contributed by atoms with Crippen molar-refractivity contribution >= 4 is 31.6 Å². The van der Waals surface area contributed by atoms with E-state index in [4.69, 9.17) is 0 Å². The summed E-state index contributed by atoms with van der Waals surface area (Å²) in [5, 5.41) is 0. The van der Waals surface area contributed by atoms with Crippen LogP contribution in [-0.2, 0) is 10.0 Å². The van der Waals surface area contributed by atoms with E-state index in [0.29, 0.717) is 5.69 Å². The Morgan fingerprint density at radius 1 is 1.08 bits per heavy atom. The molecule has 2 rings (SSSR count). The molecule has 0 heterocycles. The molecule has 0 saturated heterocycles. The summed E-state index contributed by atoms with van der Waals surface area (Å²) in [7, 11) is -4.29. The number of benzene rings is 2. The van der Waals surface area contributed by atoms with Crippen molar-refractivity contribution in [2.75, 3.05) is 4.31 Å². The van der Waals surface area contributed by atoms with E-state index in [1.807, 2.05) is 0 Å². The lowest BCUT2D eigenvalue weighted by molar-refractivity contribution is -0.275. The van der Waals surface area contributed by atoms with Gasteiger partial charge >= 0.3 is 6.36 Å². The lowest BCUT2D eigenvalue weighted by atomic mass is 10.3. The van der Waals surface area contributed by atoms with Crippen molar-refractivity contribution in [2.45, 2.75) is 31.1 Å². The Kier molecular flexibility index (Phi) is 5.68. The van der Waals surface area contributed by atoms with Gasteiger partial charge in [0.2, 0.25) is 0 Å². The third kappa shape index (κ3) is 4.66. The third-order valence-corrected chi connectivity index (χ3v) is 5.68. The van der Waals surface area contributed by atoms with Crippen LogP contribution in [0.15, 0.2) is 57.9 Å². The highest BCUT2D eigenvalue weighted by Gasteiger charge is 2.36. The van der Waals surface area contributed by atoms with Crippen LogP contribution in [0, 0.1) is 0 Å². The van der Waals surface area contributed by atoms with Gasteiger partial charge in [-0.3, -0.25) is 4.31 Å². The number of sulfonamides is 1. The van der Waals surface area contributed by atoms with Crippen molar-refractivity contribution in [2.24, 2.45) is 0 Å². The summed E-state index contributed by atoms with van der Waals surface area (Å²) in [5.74, 6) is -0.788. The number of nitrogens with zero attached hydrogens (tertiary/aromatic N) is 1. The zero-order chi connectivity index (χ0) is 18.8. The number of para-hydroxylation sites is 1. The van der Waals surface area contributed by atoms with Crippen LogP contribution in [0.3, 0.4) is 0 Å². The number of hydrogen-bond donors (Lipinski definition) is 0. The quantitative estimate of drug-likeness (QED) is 0.664. The van der Waals surface area contributed by atoms with E-state index < -0.39 is 33.1 Å². The van der Waals surface area contributed by atoms with Gasteiger partial charge in [-0.15, -0.1) is 13.2 Å². The molecule has 0 atom stereocenters. The van der Waals surface area contributed by atoms with E-state index in [1.165, 1.54) is 6.07 Å². The SMILES string of the molecule is CC(C)N(c1ccccc1)S(=O)(=O)c1ccc(Br)cc1OC(F)(F)F. The normalized spacial score (nSPS) is 12.3. The molecule has 0 aliphatic carbocycles. The molecule has 0 radical (unpaired) electrons. The van der Waals surface area contributed by atoms with Crippen LogP contribution >= 0.6 is 15.9 Å². The van der Waals surface area contributed by atoms with Gasteiger partial charge in [0.15, 0.2) is 5.75 Å². The number of hydrogen-bond acceptors (Lipinski definition) is 3. The molecule has 0 amide bonds. The van der Waals surface area contributed by atoms with Gasteiger partial charge in [0.25, 0.3) is 10.0 Å². The van der Waals surface area contributed by atoms with Gasteiger partial charge < -0.3 is 4.74 Å². The largest absolute Gasteiger partial charge is 0.573 e. The van der Waals surface area contributed by atoms with Gasteiger partial charge in [0, 0.05) is 10.5 Å². The summed E-state index contributed by atoms with van der Waals surface area (Å²) in [6, 6.07) is 11.0. The molecule has 9 heteroatoms. The molecule has 0 fully saturated rings. The standard InChI is InChI=1S/C16H15BrF3NO3S/c1-11(2)21(13-6-4-3-5-7-13)25(22,23)15-9-8-12(17)10-14(15)24-16(18,19)20/h3-11H,1-2H3. The first-order chi connectivity index (χ1) is 11.5. The molecule has 0 bridgehead atoms. The average molecular weight is 438 g/mol. The highest BCUT2D eigenvalue weighted by molar-refractivity contribution is 9.10. The fourth-order valence-electron chi connectivity index (χ4n) is 2.29. The molecule has 0 N–H and O–H groups in total. The smallest absolute Gasteiger partial charge is 0.404 e. The van der Waals surface area contributed by atoms with Gasteiger partial charge in [-0.2, -0.15) is 0 Å². The fraction of sp³-hybridized carbons (Fsp3) is 0.250. The van der Waals surface area contributed by atoms with Crippen LogP contribution in [0.4, 0.5) is 18.9 Å². The zero-order valence-corrected chi connectivity index (χ0v) is 15.7. The summed E-state index contributed by atoms with van der Waals surface area (Å²) in [6.45, 7) is 3.27. The molecule has 136 valence electrons. The molecule has 0 aromatic heterocycles. The van der Waals surface area contributed by atoms with Crippen LogP contribution in [0.1, 0.15) is 13.8 Å². The number of halogens is 4. The fourth-order valence-corrected chi connectivity index (χ4v) is 4.40. The summed E-state index contributed by atoms with van der Waals surface area (Å²) in [4.78, 5) is -0.564. The molecule has 0 unspecified atom stereocenters. The van der Waals surface area contributed by atoms with Crippen LogP contribution in [-0.4, -0.2) is 20.8 Å². The first-order valence-electron chi connectivity index (χ1n) is 7.17. The van der Waals surface area contributed by atoms with E-state index in [-0.39, 0.29) is 4.47 Å². The monoisotopic (exact) mass is 437 g/mol. The first kappa shape index (κ1) is 19.6. The maximum absolute atomic E-state index is 13.1. The minimum Gasteiger partial charge on any atom is -0.404 e. The second-order valence-corrected chi connectivity index (χ2v) is 8.07. The van der Waals surface area contributed by atoms with Crippen molar-refractivity contribution < 1.29 is 26.3 Å².